The molecule has 1 aromatic heterocycles. The molecular formula is C14H28N4O. The first-order valence-electron chi connectivity index (χ1n) is 7.23. The van der Waals surface area contributed by atoms with Gasteiger partial charge in [-0.2, -0.15) is 4.98 Å². The number of nitrogens with zero attached hydrogens (tertiary/aromatic N) is 3. The van der Waals surface area contributed by atoms with Gasteiger partial charge in [0.1, 0.15) is 0 Å². The van der Waals surface area contributed by atoms with Crippen LogP contribution in [0.25, 0.3) is 0 Å². The largest absolute Gasteiger partial charge is 0.339 e. The van der Waals surface area contributed by atoms with Crippen LogP contribution in [0.4, 0.5) is 5.95 Å². The van der Waals surface area contributed by atoms with Crippen molar-refractivity contribution in [2.45, 2.75) is 54.0 Å². The number of likely N-dealkylation sites (N-methyl/N-ethyl adjacent to an activating group) is 1. The van der Waals surface area contributed by atoms with Gasteiger partial charge in [0.2, 0.25) is 5.89 Å². The molecule has 1 heterocycles. The molecule has 0 fully saturated rings. The van der Waals surface area contributed by atoms with Gasteiger partial charge < -0.3 is 14.7 Å². The summed E-state index contributed by atoms with van der Waals surface area (Å²) >= 11 is 0. The van der Waals surface area contributed by atoms with Crippen molar-refractivity contribution in [1.29, 1.82) is 0 Å². The second kappa shape index (κ2) is 6.89. The highest BCUT2D eigenvalue weighted by atomic mass is 16.5. The van der Waals surface area contributed by atoms with E-state index in [-0.39, 0.29) is 5.41 Å². The SMILES string of the molecule is CCNC(Cc1nc(N(CC)CC)no1)C(C)(C)C. The zero-order valence-corrected chi connectivity index (χ0v) is 13.2. The minimum Gasteiger partial charge on any atom is -0.339 e. The second-order valence-corrected chi connectivity index (χ2v) is 5.84. The fourth-order valence-electron chi connectivity index (χ4n) is 2.07. The van der Waals surface area contributed by atoms with E-state index in [0.717, 1.165) is 26.1 Å². The highest BCUT2D eigenvalue weighted by Crippen LogP contribution is 2.22. The molecule has 1 atom stereocenters. The van der Waals surface area contributed by atoms with Gasteiger partial charge in [-0.3, -0.25) is 0 Å². The number of anilines is 1. The molecule has 1 unspecified atom stereocenters. The Morgan fingerprint density at radius 1 is 1.21 bits per heavy atom. The average molecular weight is 268 g/mol. The molecule has 110 valence electrons. The lowest BCUT2D eigenvalue weighted by Gasteiger charge is -2.30. The molecule has 0 aliphatic carbocycles. The molecule has 1 aromatic rings. The first-order chi connectivity index (χ1) is 8.92. The standard InChI is InChI=1S/C14H28N4O/c1-7-15-11(14(4,5)6)10-12-16-13(17-19-12)18(8-2)9-3/h11,15H,7-10H2,1-6H3. The van der Waals surface area contributed by atoms with Crippen molar-refractivity contribution < 1.29 is 4.52 Å². The monoisotopic (exact) mass is 268 g/mol. The van der Waals surface area contributed by atoms with Crippen LogP contribution in [-0.2, 0) is 6.42 Å². The van der Waals surface area contributed by atoms with Crippen molar-refractivity contribution in [3.63, 3.8) is 0 Å². The first kappa shape index (κ1) is 16.0. The van der Waals surface area contributed by atoms with E-state index < -0.39 is 0 Å². The van der Waals surface area contributed by atoms with Gasteiger partial charge in [0.05, 0.1) is 0 Å². The number of nitrogens with one attached hydrogen (secondary N) is 1. The Labute approximate surface area is 116 Å². The van der Waals surface area contributed by atoms with E-state index in [0.29, 0.717) is 17.9 Å². The third-order valence-electron chi connectivity index (χ3n) is 3.38. The third kappa shape index (κ3) is 4.49. The molecule has 0 saturated heterocycles. The average Bonchev–Trinajstić information content (AvgIpc) is 2.78. The summed E-state index contributed by atoms with van der Waals surface area (Å²) in [5.74, 6) is 1.41. The summed E-state index contributed by atoms with van der Waals surface area (Å²) < 4.78 is 5.38. The zero-order valence-electron chi connectivity index (χ0n) is 13.2. The number of hydrogen-bond acceptors (Lipinski definition) is 5. The van der Waals surface area contributed by atoms with Gasteiger partial charge in [0, 0.05) is 25.6 Å². The topological polar surface area (TPSA) is 54.2 Å². The maximum atomic E-state index is 5.38. The highest BCUT2D eigenvalue weighted by Gasteiger charge is 2.26. The van der Waals surface area contributed by atoms with E-state index >= 15 is 0 Å². The fourth-order valence-corrected chi connectivity index (χ4v) is 2.07. The Morgan fingerprint density at radius 2 is 1.84 bits per heavy atom. The molecule has 0 spiro atoms. The Bertz CT molecular complexity index is 366. The molecule has 1 N–H and O–H groups in total. The van der Waals surface area contributed by atoms with Crippen LogP contribution in [0.5, 0.6) is 0 Å². The lowest BCUT2D eigenvalue weighted by Crippen LogP contribution is -2.42. The third-order valence-corrected chi connectivity index (χ3v) is 3.38. The lowest BCUT2D eigenvalue weighted by atomic mass is 9.85. The molecule has 0 radical (unpaired) electrons. The summed E-state index contributed by atoms with van der Waals surface area (Å²) in [6.07, 6.45) is 0.769. The summed E-state index contributed by atoms with van der Waals surface area (Å²) in [6, 6.07) is 0.336. The van der Waals surface area contributed by atoms with Crippen molar-refractivity contribution in [1.82, 2.24) is 15.5 Å². The summed E-state index contributed by atoms with van der Waals surface area (Å²) in [5.41, 5.74) is 0.167. The molecule has 0 saturated carbocycles. The van der Waals surface area contributed by atoms with Crippen molar-refractivity contribution >= 4 is 5.95 Å². The Morgan fingerprint density at radius 3 is 2.32 bits per heavy atom. The first-order valence-corrected chi connectivity index (χ1v) is 7.23. The predicted molar refractivity (Wildman–Crippen MR) is 78.5 cm³/mol. The normalized spacial score (nSPS) is 13.6. The van der Waals surface area contributed by atoms with Gasteiger partial charge in [-0.15, -0.1) is 0 Å². The molecule has 0 amide bonds. The Kier molecular flexibility index (Phi) is 5.79. The van der Waals surface area contributed by atoms with Crippen LogP contribution < -0.4 is 10.2 Å². The van der Waals surface area contributed by atoms with E-state index in [1.165, 1.54) is 0 Å². The molecule has 0 aliphatic rings. The van der Waals surface area contributed by atoms with E-state index in [9.17, 15) is 0 Å². The molecule has 0 aromatic carbocycles. The van der Waals surface area contributed by atoms with Gasteiger partial charge in [-0.25, -0.2) is 0 Å². The van der Waals surface area contributed by atoms with Crippen LogP contribution in [0.1, 0.15) is 47.4 Å². The maximum Gasteiger partial charge on any atom is 0.266 e. The van der Waals surface area contributed by atoms with Crippen LogP contribution in [0.2, 0.25) is 0 Å². The summed E-state index contributed by atoms with van der Waals surface area (Å²) in [7, 11) is 0. The van der Waals surface area contributed by atoms with Crippen molar-refractivity contribution in [2.24, 2.45) is 5.41 Å². The Hall–Kier alpha value is -1.10. The zero-order chi connectivity index (χ0) is 14.5. The van der Waals surface area contributed by atoms with Gasteiger partial charge in [0.25, 0.3) is 5.95 Å². The molecule has 0 bridgehead atoms. The van der Waals surface area contributed by atoms with Gasteiger partial charge in [-0.05, 0) is 31.0 Å². The maximum absolute atomic E-state index is 5.38. The second-order valence-electron chi connectivity index (χ2n) is 5.84. The summed E-state index contributed by atoms with van der Waals surface area (Å²) in [6.45, 7) is 15.7. The molecule has 5 heteroatoms. The lowest BCUT2D eigenvalue weighted by molar-refractivity contribution is 0.247. The molecular weight excluding hydrogens is 240 g/mol. The van der Waals surface area contributed by atoms with Crippen LogP contribution in [-0.4, -0.2) is 35.8 Å². The predicted octanol–water partition coefficient (Wildman–Crippen LogP) is 2.48. The highest BCUT2D eigenvalue weighted by molar-refractivity contribution is 5.26. The van der Waals surface area contributed by atoms with Crippen LogP contribution in [0.15, 0.2) is 4.52 Å². The van der Waals surface area contributed by atoms with Crippen molar-refractivity contribution in [2.75, 3.05) is 24.5 Å². The van der Waals surface area contributed by atoms with E-state index in [1.807, 2.05) is 0 Å². The van der Waals surface area contributed by atoms with E-state index in [2.05, 4.69) is 61.9 Å². The van der Waals surface area contributed by atoms with Gasteiger partial charge in [0.15, 0.2) is 0 Å². The minimum absolute atomic E-state index is 0.167. The van der Waals surface area contributed by atoms with Gasteiger partial charge in [-0.1, -0.05) is 27.7 Å². The van der Waals surface area contributed by atoms with Crippen LogP contribution in [0, 0.1) is 5.41 Å². The summed E-state index contributed by atoms with van der Waals surface area (Å²) in [5, 5.41) is 7.56. The van der Waals surface area contributed by atoms with E-state index in [4.69, 9.17) is 4.52 Å². The minimum atomic E-state index is 0.167. The summed E-state index contributed by atoms with van der Waals surface area (Å²) in [4.78, 5) is 6.59. The number of aromatic nitrogens is 2. The molecule has 5 nitrogen and oxygen atoms in total. The fraction of sp³-hybridized carbons (Fsp3) is 0.857. The van der Waals surface area contributed by atoms with Gasteiger partial charge >= 0.3 is 0 Å². The van der Waals surface area contributed by atoms with Crippen molar-refractivity contribution in [3.8, 4) is 0 Å². The quantitative estimate of drug-likeness (QED) is 0.823. The molecule has 1 rings (SSSR count). The number of hydrogen-bond donors (Lipinski definition) is 1. The Balaban J connectivity index is 2.75. The van der Waals surface area contributed by atoms with Crippen LogP contribution in [0.3, 0.4) is 0 Å². The smallest absolute Gasteiger partial charge is 0.266 e. The number of rotatable bonds is 7. The molecule has 0 aliphatic heterocycles. The van der Waals surface area contributed by atoms with Crippen LogP contribution >= 0.6 is 0 Å². The van der Waals surface area contributed by atoms with E-state index in [1.54, 1.807) is 0 Å². The van der Waals surface area contributed by atoms with Crippen molar-refractivity contribution in [3.05, 3.63) is 5.89 Å². The molecule has 19 heavy (non-hydrogen) atoms.